The quantitative estimate of drug-likeness (QED) is 0.741. The Morgan fingerprint density at radius 3 is 2.94 bits per heavy atom. The summed E-state index contributed by atoms with van der Waals surface area (Å²) in [6.07, 6.45) is 4.15. The van der Waals surface area contributed by atoms with E-state index in [1.165, 1.54) is 0 Å². The minimum absolute atomic E-state index is 0.220. The molecule has 0 radical (unpaired) electrons. The molecule has 0 N–H and O–H groups in total. The SMILES string of the molecule is O=C(CCc1ccco1)OCc1ccccn1. The maximum absolute atomic E-state index is 11.4. The number of furan rings is 1. The second-order valence-electron chi connectivity index (χ2n) is 3.56. The van der Waals surface area contributed by atoms with Gasteiger partial charge in [0, 0.05) is 12.6 Å². The van der Waals surface area contributed by atoms with Crippen LogP contribution in [-0.4, -0.2) is 11.0 Å². The summed E-state index contributed by atoms with van der Waals surface area (Å²) in [5.41, 5.74) is 0.749. The number of aromatic nitrogens is 1. The Morgan fingerprint density at radius 1 is 1.29 bits per heavy atom. The van der Waals surface area contributed by atoms with Crippen molar-refractivity contribution in [2.75, 3.05) is 0 Å². The van der Waals surface area contributed by atoms with Crippen LogP contribution in [0.5, 0.6) is 0 Å². The molecule has 4 heteroatoms. The Morgan fingerprint density at radius 2 is 2.24 bits per heavy atom. The first-order chi connectivity index (χ1) is 8.34. The number of esters is 1. The van der Waals surface area contributed by atoms with E-state index in [4.69, 9.17) is 9.15 Å². The molecule has 0 saturated heterocycles. The molecule has 0 fully saturated rings. The summed E-state index contributed by atoms with van der Waals surface area (Å²) >= 11 is 0. The van der Waals surface area contributed by atoms with Crippen LogP contribution in [0.3, 0.4) is 0 Å². The molecular weight excluding hydrogens is 218 g/mol. The van der Waals surface area contributed by atoms with Gasteiger partial charge in [0.25, 0.3) is 0 Å². The highest BCUT2D eigenvalue weighted by Crippen LogP contribution is 2.05. The van der Waals surface area contributed by atoms with Crippen molar-refractivity contribution in [1.29, 1.82) is 0 Å². The summed E-state index contributed by atoms with van der Waals surface area (Å²) in [7, 11) is 0. The summed E-state index contributed by atoms with van der Waals surface area (Å²) in [6, 6.07) is 9.14. The molecule has 0 bridgehead atoms. The van der Waals surface area contributed by atoms with Crippen molar-refractivity contribution >= 4 is 5.97 Å². The molecule has 88 valence electrons. The van der Waals surface area contributed by atoms with Gasteiger partial charge in [0.05, 0.1) is 18.4 Å². The molecule has 2 aromatic rings. The minimum Gasteiger partial charge on any atom is -0.469 e. The standard InChI is InChI=1S/C13H13NO3/c15-13(7-6-12-5-3-9-16-12)17-10-11-4-1-2-8-14-11/h1-5,8-9H,6-7,10H2. The number of rotatable bonds is 5. The first-order valence-electron chi connectivity index (χ1n) is 5.42. The molecule has 17 heavy (non-hydrogen) atoms. The molecule has 2 aromatic heterocycles. The third-order valence-electron chi connectivity index (χ3n) is 2.26. The maximum Gasteiger partial charge on any atom is 0.306 e. The van der Waals surface area contributed by atoms with Gasteiger partial charge in [0.1, 0.15) is 12.4 Å². The van der Waals surface area contributed by atoms with E-state index in [1.54, 1.807) is 18.5 Å². The zero-order valence-electron chi connectivity index (χ0n) is 9.33. The third kappa shape index (κ3) is 3.75. The van der Waals surface area contributed by atoms with Gasteiger partial charge in [-0.25, -0.2) is 0 Å². The number of nitrogens with zero attached hydrogens (tertiary/aromatic N) is 1. The molecule has 0 atom stereocenters. The zero-order valence-corrected chi connectivity index (χ0v) is 9.33. The summed E-state index contributed by atoms with van der Waals surface area (Å²) in [6.45, 7) is 0.220. The minimum atomic E-state index is -0.243. The molecule has 4 nitrogen and oxygen atoms in total. The van der Waals surface area contributed by atoms with Crippen LogP contribution < -0.4 is 0 Å². The lowest BCUT2D eigenvalue weighted by Crippen LogP contribution is -2.06. The molecule has 0 aromatic carbocycles. The van der Waals surface area contributed by atoms with Gasteiger partial charge in [-0.2, -0.15) is 0 Å². The fourth-order valence-electron chi connectivity index (χ4n) is 1.39. The second kappa shape index (κ2) is 5.84. The topological polar surface area (TPSA) is 52.3 Å². The van der Waals surface area contributed by atoms with Crippen LogP contribution >= 0.6 is 0 Å². The highest BCUT2D eigenvalue weighted by molar-refractivity contribution is 5.69. The predicted octanol–water partition coefficient (Wildman–Crippen LogP) is 2.35. The van der Waals surface area contributed by atoms with E-state index in [0.717, 1.165) is 11.5 Å². The first-order valence-corrected chi connectivity index (χ1v) is 5.42. The fourth-order valence-corrected chi connectivity index (χ4v) is 1.39. The number of pyridine rings is 1. The number of carbonyl (C=O) groups excluding carboxylic acids is 1. The van der Waals surface area contributed by atoms with Gasteiger partial charge in [-0.15, -0.1) is 0 Å². The molecule has 0 amide bonds. The van der Waals surface area contributed by atoms with Gasteiger partial charge in [-0.1, -0.05) is 6.07 Å². The second-order valence-corrected chi connectivity index (χ2v) is 3.56. The molecule has 0 saturated carbocycles. The number of carbonyl (C=O) groups is 1. The Labute approximate surface area is 99.2 Å². The number of aryl methyl sites for hydroxylation is 1. The largest absolute Gasteiger partial charge is 0.469 e. The van der Waals surface area contributed by atoms with Crippen LogP contribution in [-0.2, 0) is 22.6 Å². The van der Waals surface area contributed by atoms with Crippen LogP contribution in [0.15, 0.2) is 47.2 Å². The molecule has 0 unspecified atom stereocenters. The van der Waals surface area contributed by atoms with E-state index in [0.29, 0.717) is 12.8 Å². The van der Waals surface area contributed by atoms with Gasteiger partial charge >= 0.3 is 5.97 Å². The number of hydrogen-bond donors (Lipinski definition) is 0. The van der Waals surface area contributed by atoms with Gasteiger partial charge in [0.15, 0.2) is 0 Å². The van der Waals surface area contributed by atoms with E-state index in [1.807, 2.05) is 24.3 Å². The lowest BCUT2D eigenvalue weighted by molar-refractivity contribution is -0.145. The Bertz CT molecular complexity index is 451. The first kappa shape index (κ1) is 11.4. The summed E-state index contributed by atoms with van der Waals surface area (Å²) in [4.78, 5) is 15.5. The van der Waals surface area contributed by atoms with Crippen molar-refractivity contribution in [2.45, 2.75) is 19.4 Å². The predicted molar refractivity (Wildman–Crippen MR) is 61.1 cm³/mol. The summed E-state index contributed by atoms with van der Waals surface area (Å²) < 4.78 is 10.2. The molecule has 0 aliphatic rings. The smallest absolute Gasteiger partial charge is 0.306 e. The lowest BCUT2D eigenvalue weighted by atomic mass is 10.2. The van der Waals surface area contributed by atoms with E-state index >= 15 is 0 Å². The van der Waals surface area contributed by atoms with Crippen molar-refractivity contribution in [1.82, 2.24) is 4.98 Å². The summed E-state index contributed by atoms with van der Waals surface area (Å²) in [5, 5.41) is 0. The van der Waals surface area contributed by atoms with Crippen molar-refractivity contribution in [3.05, 3.63) is 54.2 Å². The maximum atomic E-state index is 11.4. The number of hydrogen-bond acceptors (Lipinski definition) is 4. The van der Waals surface area contributed by atoms with Crippen molar-refractivity contribution in [3.63, 3.8) is 0 Å². The van der Waals surface area contributed by atoms with Crippen LogP contribution in [0.25, 0.3) is 0 Å². The average Bonchev–Trinajstić information content (AvgIpc) is 2.88. The van der Waals surface area contributed by atoms with E-state index in [9.17, 15) is 4.79 Å². The van der Waals surface area contributed by atoms with E-state index < -0.39 is 0 Å². The molecule has 0 aliphatic carbocycles. The highest BCUT2D eigenvalue weighted by atomic mass is 16.5. The van der Waals surface area contributed by atoms with Gasteiger partial charge in [0.2, 0.25) is 0 Å². The number of ether oxygens (including phenoxy) is 1. The van der Waals surface area contributed by atoms with Gasteiger partial charge in [-0.3, -0.25) is 9.78 Å². The Balaban J connectivity index is 1.71. The van der Waals surface area contributed by atoms with E-state index in [-0.39, 0.29) is 12.6 Å². The van der Waals surface area contributed by atoms with Crippen molar-refractivity contribution in [2.24, 2.45) is 0 Å². The Kier molecular flexibility index (Phi) is 3.91. The van der Waals surface area contributed by atoms with Gasteiger partial charge < -0.3 is 9.15 Å². The van der Waals surface area contributed by atoms with Gasteiger partial charge in [-0.05, 0) is 24.3 Å². The fraction of sp³-hybridized carbons (Fsp3) is 0.231. The van der Waals surface area contributed by atoms with E-state index in [2.05, 4.69) is 4.98 Å². The van der Waals surface area contributed by atoms with Crippen LogP contribution in [0.2, 0.25) is 0 Å². The average molecular weight is 231 g/mol. The van der Waals surface area contributed by atoms with Crippen LogP contribution in [0, 0.1) is 0 Å². The molecule has 2 heterocycles. The third-order valence-corrected chi connectivity index (χ3v) is 2.26. The van der Waals surface area contributed by atoms with Crippen molar-refractivity contribution < 1.29 is 13.9 Å². The van der Waals surface area contributed by atoms with Crippen molar-refractivity contribution in [3.8, 4) is 0 Å². The van der Waals surface area contributed by atoms with Crippen LogP contribution in [0.4, 0.5) is 0 Å². The molecule has 0 spiro atoms. The molecule has 0 aliphatic heterocycles. The van der Waals surface area contributed by atoms with Crippen LogP contribution in [0.1, 0.15) is 17.9 Å². The summed E-state index contributed by atoms with van der Waals surface area (Å²) in [5.74, 6) is 0.548. The molecule has 2 rings (SSSR count). The monoisotopic (exact) mass is 231 g/mol. The normalized spacial score (nSPS) is 10.1. The lowest BCUT2D eigenvalue weighted by Gasteiger charge is -2.03. The zero-order chi connectivity index (χ0) is 11.9. The Hall–Kier alpha value is -2.10. The highest BCUT2D eigenvalue weighted by Gasteiger charge is 2.05. The molecular formula is C13H13NO3.